The number of carbonyl (C=O) groups is 1. The van der Waals surface area contributed by atoms with Gasteiger partial charge in [-0.05, 0) is 49.6 Å². The standard InChI is InChI=1S/C25H28ClN5O/c1-15(2)8-6-9-16(3)28-25(32)21-22-24(30-20-13-5-4-12-19(20)29-22)31(23(21)27)18-11-7-10-17(26)14-18/h4-5,7,10-16H,6,8-9,27H2,1-3H3,(H,28,32)/t16-/m1/s1. The lowest BCUT2D eigenvalue weighted by Crippen LogP contribution is -2.33. The Hall–Kier alpha value is -3.12. The van der Waals surface area contributed by atoms with E-state index >= 15 is 0 Å². The Labute approximate surface area is 192 Å². The summed E-state index contributed by atoms with van der Waals surface area (Å²) in [6.07, 6.45) is 3.10. The van der Waals surface area contributed by atoms with Crippen LogP contribution in [-0.4, -0.2) is 26.5 Å². The zero-order valence-electron chi connectivity index (χ0n) is 18.6. The van der Waals surface area contributed by atoms with E-state index in [9.17, 15) is 4.79 Å². The highest BCUT2D eigenvalue weighted by Gasteiger charge is 2.25. The lowest BCUT2D eigenvalue weighted by Gasteiger charge is -2.14. The van der Waals surface area contributed by atoms with Gasteiger partial charge in [0.05, 0.1) is 16.7 Å². The summed E-state index contributed by atoms with van der Waals surface area (Å²) in [6.45, 7) is 6.43. The molecule has 7 heteroatoms. The molecule has 0 unspecified atom stereocenters. The lowest BCUT2D eigenvalue weighted by atomic mass is 10.0. The first-order valence-corrected chi connectivity index (χ1v) is 11.4. The summed E-state index contributed by atoms with van der Waals surface area (Å²) in [4.78, 5) is 22.9. The van der Waals surface area contributed by atoms with Crippen LogP contribution in [0.4, 0.5) is 5.82 Å². The molecular formula is C25H28ClN5O. The SMILES string of the molecule is CC(C)CCC[C@@H](C)NC(=O)c1c(N)n(-c2cccc(Cl)c2)c2nc3ccccc3nc12. The van der Waals surface area contributed by atoms with Crippen molar-refractivity contribution in [3.05, 3.63) is 59.1 Å². The van der Waals surface area contributed by atoms with Gasteiger partial charge in [-0.15, -0.1) is 0 Å². The predicted molar refractivity (Wildman–Crippen MR) is 131 cm³/mol. The van der Waals surface area contributed by atoms with Crippen molar-refractivity contribution >= 4 is 45.5 Å². The first-order valence-electron chi connectivity index (χ1n) is 11.0. The number of aromatic nitrogens is 3. The third kappa shape index (κ3) is 4.41. The van der Waals surface area contributed by atoms with Crippen LogP contribution >= 0.6 is 11.6 Å². The maximum absolute atomic E-state index is 13.3. The Morgan fingerprint density at radius 1 is 1.06 bits per heavy atom. The Bertz CT molecular complexity index is 1280. The van der Waals surface area contributed by atoms with Crippen molar-refractivity contribution < 1.29 is 4.79 Å². The van der Waals surface area contributed by atoms with Crippen molar-refractivity contribution in [3.63, 3.8) is 0 Å². The Morgan fingerprint density at radius 3 is 2.47 bits per heavy atom. The fourth-order valence-corrected chi connectivity index (χ4v) is 4.15. The van der Waals surface area contributed by atoms with E-state index in [1.807, 2.05) is 43.3 Å². The monoisotopic (exact) mass is 449 g/mol. The average molecular weight is 450 g/mol. The molecule has 0 aliphatic rings. The van der Waals surface area contributed by atoms with Gasteiger partial charge < -0.3 is 11.1 Å². The zero-order chi connectivity index (χ0) is 22.8. The number of carbonyl (C=O) groups excluding carboxylic acids is 1. The lowest BCUT2D eigenvalue weighted by molar-refractivity contribution is 0.0940. The van der Waals surface area contributed by atoms with Gasteiger partial charge in [0.2, 0.25) is 0 Å². The summed E-state index contributed by atoms with van der Waals surface area (Å²) in [5, 5.41) is 3.67. The normalized spacial score (nSPS) is 12.5. The number of halogens is 1. The highest BCUT2D eigenvalue weighted by atomic mass is 35.5. The number of nitrogens with zero attached hydrogens (tertiary/aromatic N) is 3. The summed E-state index contributed by atoms with van der Waals surface area (Å²) in [6, 6.07) is 14.9. The molecule has 6 nitrogen and oxygen atoms in total. The number of fused-ring (bicyclic) bond motifs is 2. The van der Waals surface area contributed by atoms with Crippen molar-refractivity contribution in [1.82, 2.24) is 19.9 Å². The molecule has 4 aromatic rings. The maximum Gasteiger partial charge on any atom is 0.257 e. The fraction of sp³-hybridized carbons (Fsp3) is 0.320. The van der Waals surface area contributed by atoms with Crippen LogP contribution in [0.25, 0.3) is 27.9 Å². The van der Waals surface area contributed by atoms with Gasteiger partial charge in [0.25, 0.3) is 5.91 Å². The Morgan fingerprint density at radius 2 is 1.78 bits per heavy atom. The van der Waals surface area contributed by atoms with Gasteiger partial charge in [0.1, 0.15) is 16.9 Å². The number of hydrogen-bond acceptors (Lipinski definition) is 4. The first-order chi connectivity index (χ1) is 15.3. The molecule has 166 valence electrons. The molecule has 1 atom stereocenters. The molecule has 3 N–H and O–H groups in total. The van der Waals surface area contributed by atoms with Crippen molar-refractivity contribution in [2.45, 2.75) is 46.1 Å². The molecule has 2 aromatic carbocycles. The molecule has 2 heterocycles. The van der Waals surface area contributed by atoms with E-state index in [4.69, 9.17) is 27.3 Å². The molecule has 0 spiro atoms. The van der Waals surface area contributed by atoms with Gasteiger partial charge >= 0.3 is 0 Å². The van der Waals surface area contributed by atoms with Crippen LogP contribution < -0.4 is 11.1 Å². The second kappa shape index (κ2) is 9.17. The smallest absolute Gasteiger partial charge is 0.257 e. The molecule has 1 amide bonds. The number of amides is 1. The molecule has 0 aliphatic carbocycles. The number of anilines is 1. The molecule has 0 aliphatic heterocycles. The highest BCUT2D eigenvalue weighted by molar-refractivity contribution is 6.30. The Balaban J connectivity index is 1.80. The number of hydrogen-bond donors (Lipinski definition) is 2. The van der Waals surface area contributed by atoms with E-state index in [2.05, 4.69) is 19.2 Å². The Kier molecular flexibility index (Phi) is 6.33. The average Bonchev–Trinajstić information content (AvgIpc) is 3.02. The van der Waals surface area contributed by atoms with E-state index in [0.717, 1.165) is 30.5 Å². The van der Waals surface area contributed by atoms with E-state index in [-0.39, 0.29) is 11.9 Å². The molecule has 0 radical (unpaired) electrons. The van der Waals surface area contributed by atoms with E-state index in [1.54, 1.807) is 16.7 Å². The van der Waals surface area contributed by atoms with Gasteiger partial charge in [-0.25, -0.2) is 9.97 Å². The number of benzene rings is 2. The number of para-hydroxylation sites is 2. The second-order valence-electron chi connectivity index (χ2n) is 8.66. The summed E-state index contributed by atoms with van der Waals surface area (Å²) in [7, 11) is 0. The van der Waals surface area contributed by atoms with Crippen molar-refractivity contribution in [2.24, 2.45) is 5.92 Å². The number of nitrogens with one attached hydrogen (secondary N) is 1. The molecule has 32 heavy (non-hydrogen) atoms. The first kappa shape index (κ1) is 22.1. The van der Waals surface area contributed by atoms with E-state index in [1.165, 1.54) is 0 Å². The van der Waals surface area contributed by atoms with Crippen LogP contribution in [0.5, 0.6) is 0 Å². The number of nitrogens with two attached hydrogens (primary N) is 1. The largest absolute Gasteiger partial charge is 0.384 e. The topological polar surface area (TPSA) is 85.8 Å². The van der Waals surface area contributed by atoms with Crippen LogP contribution in [0.1, 0.15) is 50.4 Å². The molecule has 2 aromatic heterocycles. The summed E-state index contributed by atoms with van der Waals surface area (Å²) in [5.74, 6) is 0.701. The van der Waals surface area contributed by atoms with Gasteiger partial charge in [-0.2, -0.15) is 0 Å². The van der Waals surface area contributed by atoms with Crippen LogP contribution in [0.3, 0.4) is 0 Å². The van der Waals surface area contributed by atoms with Crippen molar-refractivity contribution in [3.8, 4) is 5.69 Å². The van der Waals surface area contributed by atoms with Crippen LogP contribution in [0.15, 0.2) is 48.5 Å². The van der Waals surface area contributed by atoms with Crippen molar-refractivity contribution in [2.75, 3.05) is 5.73 Å². The highest BCUT2D eigenvalue weighted by Crippen LogP contribution is 2.31. The van der Waals surface area contributed by atoms with Crippen molar-refractivity contribution in [1.29, 1.82) is 0 Å². The van der Waals surface area contributed by atoms with Gasteiger partial charge in [0.15, 0.2) is 5.65 Å². The minimum atomic E-state index is -0.241. The molecule has 4 rings (SSSR count). The van der Waals surface area contributed by atoms with Crippen LogP contribution in [-0.2, 0) is 0 Å². The van der Waals surface area contributed by atoms with Gasteiger partial charge in [-0.3, -0.25) is 9.36 Å². The molecule has 0 saturated heterocycles. The maximum atomic E-state index is 13.3. The predicted octanol–water partition coefficient (Wildman–Crippen LogP) is 5.75. The molecular weight excluding hydrogens is 422 g/mol. The number of rotatable bonds is 7. The number of nitrogen functional groups attached to an aromatic ring is 1. The molecule has 0 saturated carbocycles. The zero-order valence-corrected chi connectivity index (χ0v) is 19.4. The fourth-order valence-electron chi connectivity index (χ4n) is 3.96. The van der Waals surface area contributed by atoms with E-state index < -0.39 is 0 Å². The third-order valence-corrected chi connectivity index (χ3v) is 5.82. The quantitative estimate of drug-likeness (QED) is 0.376. The van der Waals surface area contributed by atoms with E-state index in [0.29, 0.717) is 39.0 Å². The summed E-state index contributed by atoms with van der Waals surface area (Å²) >= 11 is 6.23. The summed E-state index contributed by atoms with van der Waals surface area (Å²) < 4.78 is 1.75. The minimum Gasteiger partial charge on any atom is -0.384 e. The summed E-state index contributed by atoms with van der Waals surface area (Å²) in [5.41, 5.74) is 10.1. The third-order valence-electron chi connectivity index (χ3n) is 5.59. The van der Waals surface area contributed by atoms with Crippen LogP contribution in [0, 0.1) is 5.92 Å². The van der Waals surface area contributed by atoms with Gasteiger partial charge in [0, 0.05) is 11.1 Å². The van der Waals surface area contributed by atoms with Gasteiger partial charge in [-0.1, -0.05) is 56.5 Å². The van der Waals surface area contributed by atoms with Crippen LogP contribution in [0.2, 0.25) is 5.02 Å². The second-order valence-corrected chi connectivity index (χ2v) is 9.10. The molecule has 0 fully saturated rings. The molecule has 0 bridgehead atoms. The minimum absolute atomic E-state index is 0.0265.